The van der Waals surface area contributed by atoms with Crippen LogP contribution >= 0.6 is 0 Å². The Balaban J connectivity index is 2.66. The first kappa shape index (κ1) is 12.7. The lowest BCUT2D eigenvalue weighted by Gasteiger charge is -2.24. The fraction of sp³-hybridized carbons (Fsp3) is 0.417. The van der Waals surface area contributed by atoms with E-state index < -0.39 is 6.61 Å². The molecule has 0 radical (unpaired) electrons. The van der Waals surface area contributed by atoms with Gasteiger partial charge in [0.2, 0.25) is 5.91 Å². The highest BCUT2D eigenvalue weighted by Gasteiger charge is 2.14. The molecule has 0 aromatic heterocycles. The number of aliphatic hydroxyl groups is 1. The monoisotopic (exact) mass is 222 g/mol. The molecule has 0 saturated heterocycles. The second kappa shape index (κ2) is 6.25. The number of benzene rings is 1. The van der Waals surface area contributed by atoms with Crippen LogP contribution in [0.2, 0.25) is 0 Å². The molecule has 0 bridgehead atoms. The predicted octanol–water partition coefficient (Wildman–Crippen LogP) is 0.398. The molecule has 0 aliphatic heterocycles. The highest BCUT2D eigenvalue weighted by molar-refractivity contribution is 5.76. The lowest BCUT2D eigenvalue weighted by atomic mass is 10.1. The van der Waals surface area contributed by atoms with Gasteiger partial charge in [0.1, 0.15) is 6.61 Å². The van der Waals surface area contributed by atoms with Gasteiger partial charge in [0, 0.05) is 6.54 Å². The van der Waals surface area contributed by atoms with Crippen LogP contribution in [0.15, 0.2) is 30.3 Å². The minimum atomic E-state index is -0.463. The van der Waals surface area contributed by atoms with Crippen LogP contribution < -0.4 is 5.32 Å². The minimum Gasteiger partial charge on any atom is -0.387 e. The Kier molecular flexibility index (Phi) is 4.95. The maximum atomic E-state index is 11.0. The molecule has 1 unspecified atom stereocenters. The summed E-state index contributed by atoms with van der Waals surface area (Å²) in [5.74, 6) is -0.345. The Morgan fingerprint density at radius 3 is 2.50 bits per heavy atom. The summed E-state index contributed by atoms with van der Waals surface area (Å²) in [5.41, 5.74) is 1.14. The Hall–Kier alpha value is -1.39. The van der Waals surface area contributed by atoms with Gasteiger partial charge in [0.15, 0.2) is 0 Å². The molecular formula is C12H18N2O2. The Bertz CT molecular complexity index is 325. The van der Waals surface area contributed by atoms with Gasteiger partial charge in [0.05, 0.1) is 6.04 Å². The van der Waals surface area contributed by atoms with E-state index in [-0.39, 0.29) is 11.9 Å². The third kappa shape index (κ3) is 3.64. The van der Waals surface area contributed by atoms with Gasteiger partial charge < -0.3 is 15.3 Å². The number of likely N-dealkylation sites (N-methyl/N-ethyl adjacent to an activating group) is 1. The molecule has 0 aliphatic rings. The Labute approximate surface area is 95.9 Å². The first-order valence-corrected chi connectivity index (χ1v) is 5.24. The number of hydrogen-bond donors (Lipinski definition) is 2. The summed E-state index contributed by atoms with van der Waals surface area (Å²) in [6.45, 7) is 0.0331. The zero-order valence-corrected chi connectivity index (χ0v) is 9.68. The van der Waals surface area contributed by atoms with Crippen LogP contribution in [-0.2, 0) is 4.79 Å². The van der Waals surface area contributed by atoms with E-state index in [1.54, 1.807) is 0 Å². The Morgan fingerprint density at radius 2 is 2.00 bits per heavy atom. The molecule has 16 heavy (non-hydrogen) atoms. The number of amides is 1. The summed E-state index contributed by atoms with van der Waals surface area (Å²) in [5, 5.41) is 11.3. The molecule has 1 aromatic rings. The highest BCUT2D eigenvalue weighted by Crippen LogP contribution is 2.16. The lowest BCUT2D eigenvalue weighted by molar-refractivity contribution is -0.124. The zero-order valence-electron chi connectivity index (χ0n) is 9.68. The van der Waals surface area contributed by atoms with Crippen LogP contribution in [0.3, 0.4) is 0 Å². The van der Waals surface area contributed by atoms with E-state index in [0.29, 0.717) is 6.54 Å². The predicted molar refractivity (Wildman–Crippen MR) is 63.0 cm³/mol. The summed E-state index contributed by atoms with van der Waals surface area (Å²) in [7, 11) is 3.92. The van der Waals surface area contributed by atoms with Crippen molar-refractivity contribution in [2.45, 2.75) is 6.04 Å². The van der Waals surface area contributed by atoms with Crippen molar-refractivity contribution >= 4 is 5.91 Å². The van der Waals surface area contributed by atoms with Gasteiger partial charge >= 0.3 is 0 Å². The fourth-order valence-corrected chi connectivity index (χ4v) is 1.54. The summed E-state index contributed by atoms with van der Waals surface area (Å²) in [6, 6.07) is 10.1. The fourth-order valence-electron chi connectivity index (χ4n) is 1.54. The minimum absolute atomic E-state index is 0.122. The lowest BCUT2D eigenvalue weighted by Crippen LogP contribution is -2.35. The summed E-state index contributed by atoms with van der Waals surface area (Å²) >= 11 is 0. The number of hydrogen-bond acceptors (Lipinski definition) is 3. The van der Waals surface area contributed by atoms with Gasteiger partial charge in [-0.25, -0.2) is 0 Å². The molecule has 4 heteroatoms. The van der Waals surface area contributed by atoms with E-state index in [1.165, 1.54) is 0 Å². The molecule has 1 aromatic carbocycles. The highest BCUT2D eigenvalue weighted by atomic mass is 16.3. The van der Waals surface area contributed by atoms with Crippen molar-refractivity contribution < 1.29 is 9.90 Å². The first-order chi connectivity index (χ1) is 7.65. The number of carbonyl (C=O) groups is 1. The van der Waals surface area contributed by atoms with Crippen LogP contribution in [0.25, 0.3) is 0 Å². The first-order valence-electron chi connectivity index (χ1n) is 5.24. The smallest absolute Gasteiger partial charge is 0.245 e. The van der Waals surface area contributed by atoms with Gasteiger partial charge in [0.25, 0.3) is 0 Å². The van der Waals surface area contributed by atoms with Crippen molar-refractivity contribution in [1.29, 1.82) is 0 Å². The van der Waals surface area contributed by atoms with E-state index in [4.69, 9.17) is 5.11 Å². The second-order valence-corrected chi connectivity index (χ2v) is 3.85. The van der Waals surface area contributed by atoms with E-state index >= 15 is 0 Å². The Morgan fingerprint density at radius 1 is 1.38 bits per heavy atom. The molecule has 2 N–H and O–H groups in total. The van der Waals surface area contributed by atoms with Gasteiger partial charge in [-0.1, -0.05) is 30.3 Å². The van der Waals surface area contributed by atoms with Crippen molar-refractivity contribution in [3.05, 3.63) is 35.9 Å². The summed E-state index contributed by atoms with van der Waals surface area (Å²) < 4.78 is 0. The van der Waals surface area contributed by atoms with Crippen LogP contribution in [0.4, 0.5) is 0 Å². The molecule has 4 nitrogen and oxygen atoms in total. The van der Waals surface area contributed by atoms with Crippen molar-refractivity contribution in [2.24, 2.45) is 0 Å². The molecule has 1 amide bonds. The van der Waals surface area contributed by atoms with Crippen LogP contribution in [0.5, 0.6) is 0 Å². The van der Waals surface area contributed by atoms with Gasteiger partial charge in [-0.05, 0) is 19.7 Å². The van der Waals surface area contributed by atoms with E-state index in [9.17, 15) is 4.79 Å². The van der Waals surface area contributed by atoms with Crippen molar-refractivity contribution in [3.63, 3.8) is 0 Å². The average molecular weight is 222 g/mol. The molecular weight excluding hydrogens is 204 g/mol. The van der Waals surface area contributed by atoms with Crippen molar-refractivity contribution in [2.75, 3.05) is 27.2 Å². The molecule has 1 rings (SSSR count). The number of carbonyl (C=O) groups excluding carboxylic acids is 1. The van der Waals surface area contributed by atoms with Gasteiger partial charge in [-0.15, -0.1) is 0 Å². The van der Waals surface area contributed by atoms with Crippen LogP contribution in [0, 0.1) is 0 Å². The number of nitrogens with zero attached hydrogens (tertiary/aromatic N) is 1. The maximum Gasteiger partial charge on any atom is 0.245 e. The van der Waals surface area contributed by atoms with Crippen LogP contribution in [-0.4, -0.2) is 43.2 Å². The molecule has 0 spiro atoms. The molecule has 0 aliphatic carbocycles. The third-order valence-electron chi connectivity index (χ3n) is 2.44. The molecule has 1 atom stereocenters. The quantitative estimate of drug-likeness (QED) is 0.758. The van der Waals surface area contributed by atoms with E-state index in [2.05, 4.69) is 5.32 Å². The summed E-state index contributed by atoms with van der Waals surface area (Å²) in [4.78, 5) is 13.0. The number of aliphatic hydroxyl groups excluding tert-OH is 1. The molecule has 0 heterocycles. The summed E-state index contributed by atoms with van der Waals surface area (Å²) in [6.07, 6.45) is 0. The molecule has 0 saturated carbocycles. The average Bonchev–Trinajstić information content (AvgIpc) is 2.30. The van der Waals surface area contributed by atoms with E-state index in [0.717, 1.165) is 5.56 Å². The van der Waals surface area contributed by atoms with Crippen molar-refractivity contribution in [1.82, 2.24) is 10.2 Å². The SMILES string of the molecule is CN(C)C(CNC(=O)CO)c1ccccc1. The number of rotatable bonds is 5. The largest absolute Gasteiger partial charge is 0.387 e. The molecule has 88 valence electrons. The third-order valence-corrected chi connectivity index (χ3v) is 2.44. The second-order valence-electron chi connectivity index (χ2n) is 3.85. The van der Waals surface area contributed by atoms with Crippen molar-refractivity contribution in [3.8, 4) is 0 Å². The number of nitrogens with one attached hydrogen (secondary N) is 1. The van der Waals surface area contributed by atoms with Gasteiger partial charge in [-0.2, -0.15) is 0 Å². The zero-order chi connectivity index (χ0) is 12.0. The maximum absolute atomic E-state index is 11.0. The standard InChI is InChI=1S/C12H18N2O2/c1-14(2)11(8-13-12(16)9-15)10-6-4-3-5-7-10/h3-7,11,15H,8-9H2,1-2H3,(H,13,16). The topological polar surface area (TPSA) is 52.6 Å². The normalized spacial score (nSPS) is 12.5. The van der Waals surface area contributed by atoms with Crippen LogP contribution in [0.1, 0.15) is 11.6 Å². The molecule has 0 fully saturated rings. The van der Waals surface area contributed by atoms with E-state index in [1.807, 2.05) is 49.3 Å². The van der Waals surface area contributed by atoms with Gasteiger partial charge in [-0.3, -0.25) is 4.79 Å².